The van der Waals surface area contributed by atoms with Gasteiger partial charge in [0.25, 0.3) is 6.01 Å². The Bertz CT molecular complexity index is 392. The second kappa shape index (κ2) is 5.28. The summed E-state index contributed by atoms with van der Waals surface area (Å²) in [5.74, 6) is 0. The van der Waals surface area contributed by atoms with Gasteiger partial charge in [-0.05, 0) is 25.9 Å². The van der Waals surface area contributed by atoms with Crippen LogP contribution in [-0.4, -0.2) is 48.6 Å². The number of piperazine rings is 1. The number of hydrogen-bond acceptors (Lipinski definition) is 5. The number of oxazole rings is 1. The van der Waals surface area contributed by atoms with Crippen LogP contribution in [-0.2, 0) is 6.54 Å². The molecule has 3 heterocycles. The first-order valence-corrected chi connectivity index (χ1v) is 7.01. The van der Waals surface area contributed by atoms with Gasteiger partial charge in [0.15, 0.2) is 0 Å². The summed E-state index contributed by atoms with van der Waals surface area (Å²) in [7, 11) is 0. The monoisotopic (exact) mass is 250 g/mol. The molecule has 1 N–H and O–H groups in total. The number of aromatic nitrogens is 1. The Morgan fingerprint density at radius 3 is 3.28 bits per heavy atom. The Hall–Kier alpha value is -1.07. The first-order valence-electron chi connectivity index (χ1n) is 7.01. The van der Waals surface area contributed by atoms with E-state index in [9.17, 15) is 0 Å². The van der Waals surface area contributed by atoms with Crippen molar-refractivity contribution in [3.8, 4) is 0 Å². The summed E-state index contributed by atoms with van der Waals surface area (Å²) < 4.78 is 5.61. The maximum atomic E-state index is 5.61. The molecule has 0 aliphatic carbocycles. The normalized spacial score (nSPS) is 24.5. The Morgan fingerprint density at radius 1 is 1.44 bits per heavy atom. The fraction of sp³-hybridized carbons (Fsp3) is 0.769. The van der Waals surface area contributed by atoms with Gasteiger partial charge < -0.3 is 14.6 Å². The highest BCUT2D eigenvalue weighted by Gasteiger charge is 2.32. The predicted octanol–water partition coefficient (Wildman–Crippen LogP) is 1.07. The Morgan fingerprint density at radius 2 is 2.39 bits per heavy atom. The van der Waals surface area contributed by atoms with Gasteiger partial charge in [0, 0.05) is 32.2 Å². The van der Waals surface area contributed by atoms with E-state index in [0.717, 1.165) is 44.4 Å². The highest BCUT2D eigenvalue weighted by Crippen LogP contribution is 2.24. The average Bonchev–Trinajstić information content (AvgIpc) is 3.04. The number of fused-ring (bicyclic) bond motifs is 1. The molecular weight excluding hydrogens is 228 g/mol. The minimum absolute atomic E-state index is 0.711. The molecule has 0 radical (unpaired) electrons. The average molecular weight is 250 g/mol. The fourth-order valence-corrected chi connectivity index (χ4v) is 2.94. The largest absolute Gasteiger partial charge is 0.432 e. The summed E-state index contributed by atoms with van der Waals surface area (Å²) in [5, 5.41) is 3.27. The molecular formula is C13H22N4O. The zero-order chi connectivity index (χ0) is 12.4. The SMILES string of the molecule is CCNCc1coc(N2CCN3CCCC3C2)n1. The first-order chi connectivity index (χ1) is 8.86. The van der Waals surface area contributed by atoms with E-state index in [1.807, 2.05) is 0 Å². The van der Waals surface area contributed by atoms with Crippen LogP contribution in [0.5, 0.6) is 0 Å². The van der Waals surface area contributed by atoms with E-state index in [2.05, 4.69) is 27.0 Å². The third-order valence-electron chi connectivity index (χ3n) is 3.95. The molecule has 0 amide bonds. The summed E-state index contributed by atoms with van der Waals surface area (Å²) >= 11 is 0. The van der Waals surface area contributed by atoms with Crippen LogP contribution in [0, 0.1) is 0 Å². The number of rotatable bonds is 4. The van der Waals surface area contributed by atoms with E-state index >= 15 is 0 Å². The van der Waals surface area contributed by atoms with Crippen LogP contribution in [0.3, 0.4) is 0 Å². The molecule has 5 heteroatoms. The van der Waals surface area contributed by atoms with Crippen molar-refractivity contribution in [3.63, 3.8) is 0 Å². The van der Waals surface area contributed by atoms with Crippen LogP contribution in [0.25, 0.3) is 0 Å². The van der Waals surface area contributed by atoms with Crippen molar-refractivity contribution in [1.82, 2.24) is 15.2 Å². The molecule has 100 valence electrons. The second-order valence-corrected chi connectivity index (χ2v) is 5.18. The van der Waals surface area contributed by atoms with Crippen molar-refractivity contribution in [2.24, 2.45) is 0 Å². The molecule has 1 aromatic heterocycles. The van der Waals surface area contributed by atoms with Gasteiger partial charge >= 0.3 is 0 Å². The highest BCUT2D eigenvalue weighted by molar-refractivity contribution is 5.29. The van der Waals surface area contributed by atoms with Crippen LogP contribution in [0.4, 0.5) is 6.01 Å². The minimum Gasteiger partial charge on any atom is -0.432 e. The van der Waals surface area contributed by atoms with Crippen molar-refractivity contribution in [3.05, 3.63) is 12.0 Å². The second-order valence-electron chi connectivity index (χ2n) is 5.18. The third kappa shape index (κ3) is 2.37. The zero-order valence-corrected chi connectivity index (χ0v) is 11.1. The van der Waals surface area contributed by atoms with E-state index in [1.54, 1.807) is 6.26 Å². The Labute approximate surface area is 108 Å². The summed E-state index contributed by atoms with van der Waals surface area (Å²) in [4.78, 5) is 9.45. The van der Waals surface area contributed by atoms with E-state index in [4.69, 9.17) is 4.42 Å². The number of nitrogens with zero attached hydrogens (tertiary/aromatic N) is 3. The van der Waals surface area contributed by atoms with Crippen LogP contribution < -0.4 is 10.2 Å². The maximum Gasteiger partial charge on any atom is 0.297 e. The van der Waals surface area contributed by atoms with Crippen molar-refractivity contribution in [1.29, 1.82) is 0 Å². The summed E-state index contributed by atoms with van der Waals surface area (Å²) in [6, 6.07) is 1.51. The lowest BCUT2D eigenvalue weighted by Gasteiger charge is -2.36. The fourth-order valence-electron chi connectivity index (χ4n) is 2.94. The molecule has 2 aliphatic heterocycles. The van der Waals surface area contributed by atoms with Gasteiger partial charge in [-0.2, -0.15) is 4.98 Å². The predicted molar refractivity (Wildman–Crippen MR) is 70.7 cm³/mol. The standard InChI is InChI=1S/C13H22N4O/c1-2-14-8-11-10-18-13(15-11)17-7-6-16-5-3-4-12(16)9-17/h10,12,14H,2-9H2,1H3. The molecule has 3 rings (SSSR count). The van der Waals surface area contributed by atoms with E-state index in [1.165, 1.54) is 19.4 Å². The smallest absolute Gasteiger partial charge is 0.297 e. The minimum atomic E-state index is 0.711. The summed E-state index contributed by atoms with van der Waals surface area (Å²) in [6.45, 7) is 8.39. The Balaban J connectivity index is 1.62. The van der Waals surface area contributed by atoms with Gasteiger partial charge in [0.2, 0.25) is 0 Å². The van der Waals surface area contributed by atoms with E-state index < -0.39 is 0 Å². The quantitative estimate of drug-likeness (QED) is 0.866. The molecule has 2 saturated heterocycles. The lowest BCUT2D eigenvalue weighted by Crippen LogP contribution is -2.50. The number of nitrogens with one attached hydrogen (secondary N) is 1. The molecule has 2 fully saturated rings. The summed E-state index contributed by atoms with van der Waals surface area (Å²) in [6.07, 6.45) is 4.44. The van der Waals surface area contributed by atoms with Gasteiger partial charge in [-0.1, -0.05) is 6.92 Å². The zero-order valence-electron chi connectivity index (χ0n) is 11.1. The van der Waals surface area contributed by atoms with Gasteiger partial charge in [-0.3, -0.25) is 4.90 Å². The van der Waals surface area contributed by atoms with Gasteiger partial charge in [-0.15, -0.1) is 0 Å². The third-order valence-corrected chi connectivity index (χ3v) is 3.95. The Kier molecular flexibility index (Phi) is 3.52. The van der Waals surface area contributed by atoms with Crippen LogP contribution >= 0.6 is 0 Å². The first kappa shape index (κ1) is 12.0. The molecule has 0 saturated carbocycles. The van der Waals surface area contributed by atoms with Crippen LogP contribution in [0.15, 0.2) is 10.7 Å². The topological polar surface area (TPSA) is 44.5 Å². The maximum absolute atomic E-state index is 5.61. The van der Waals surface area contributed by atoms with Crippen molar-refractivity contribution in [2.45, 2.75) is 32.4 Å². The molecule has 0 spiro atoms. The van der Waals surface area contributed by atoms with Crippen LogP contribution in [0.1, 0.15) is 25.5 Å². The molecule has 5 nitrogen and oxygen atoms in total. The number of anilines is 1. The number of hydrogen-bond donors (Lipinski definition) is 1. The van der Waals surface area contributed by atoms with Crippen molar-refractivity contribution >= 4 is 6.01 Å². The summed E-state index contributed by atoms with van der Waals surface area (Å²) in [5.41, 5.74) is 1.00. The lowest BCUT2D eigenvalue weighted by atomic mass is 10.2. The van der Waals surface area contributed by atoms with Crippen molar-refractivity contribution in [2.75, 3.05) is 37.6 Å². The lowest BCUT2D eigenvalue weighted by molar-refractivity contribution is 0.226. The molecule has 18 heavy (non-hydrogen) atoms. The van der Waals surface area contributed by atoms with E-state index in [-0.39, 0.29) is 0 Å². The van der Waals surface area contributed by atoms with E-state index in [0.29, 0.717) is 6.04 Å². The molecule has 1 atom stereocenters. The molecule has 1 aromatic rings. The molecule has 0 bridgehead atoms. The van der Waals surface area contributed by atoms with Gasteiger partial charge in [0.1, 0.15) is 6.26 Å². The van der Waals surface area contributed by atoms with Gasteiger partial charge in [0.05, 0.1) is 5.69 Å². The molecule has 2 aliphatic rings. The molecule has 0 aromatic carbocycles. The highest BCUT2D eigenvalue weighted by atomic mass is 16.4. The van der Waals surface area contributed by atoms with Crippen molar-refractivity contribution < 1.29 is 4.42 Å². The van der Waals surface area contributed by atoms with Crippen LogP contribution in [0.2, 0.25) is 0 Å². The van der Waals surface area contributed by atoms with Gasteiger partial charge in [-0.25, -0.2) is 0 Å². The molecule has 1 unspecified atom stereocenters.